The lowest BCUT2D eigenvalue weighted by Crippen LogP contribution is -2.16. The van der Waals surface area contributed by atoms with Gasteiger partial charge in [-0.2, -0.15) is 8.78 Å². The highest BCUT2D eigenvalue weighted by Gasteiger charge is 2.27. The first-order chi connectivity index (χ1) is 12.5. The minimum atomic E-state index is -4.73. The second-order valence-corrected chi connectivity index (χ2v) is 6.91. The van der Waals surface area contributed by atoms with Gasteiger partial charge in [-0.3, -0.25) is 0 Å². The molecule has 0 aliphatic carbocycles. The maximum atomic E-state index is 14.2. The van der Waals surface area contributed by atoms with Gasteiger partial charge < -0.3 is 0 Å². The maximum absolute atomic E-state index is 14.2. The first-order valence-corrected chi connectivity index (χ1v) is 8.65. The second kappa shape index (κ2) is 6.39. The topological polar surface area (TPSA) is 90.9 Å². The standard InChI is InChI=1S/C15H9F5N4O2S/c1-6-8(16)2-3-11(22-6)24-13(12(19)15(20)23-24)7-4-9(17)14(10(18)5-7)27(21,25)26/h2-5H,1H3,(H2,21,25,26). The van der Waals surface area contributed by atoms with Gasteiger partial charge in [0.15, 0.2) is 10.7 Å². The van der Waals surface area contributed by atoms with Crippen molar-refractivity contribution in [2.24, 2.45) is 5.14 Å². The molecular weight excluding hydrogens is 395 g/mol. The summed E-state index contributed by atoms with van der Waals surface area (Å²) < 4.78 is 92.5. The molecule has 0 spiro atoms. The molecule has 0 bridgehead atoms. The Labute approximate surface area is 149 Å². The van der Waals surface area contributed by atoms with Crippen LogP contribution in [0.25, 0.3) is 17.1 Å². The van der Waals surface area contributed by atoms with Gasteiger partial charge in [0.05, 0.1) is 5.69 Å². The smallest absolute Gasteiger partial charge is 0.231 e. The Balaban J connectivity index is 2.28. The van der Waals surface area contributed by atoms with Gasteiger partial charge in [0.1, 0.15) is 23.1 Å². The molecular formula is C15H9F5N4O2S. The van der Waals surface area contributed by atoms with Gasteiger partial charge in [0.2, 0.25) is 15.8 Å². The summed E-state index contributed by atoms with van der Waals surface area (Å²) in [6.45, 7) is 1.29. The Morgan fingerprint density at radius 1 is 1.00 bits per heavy atom. The fourth-order valence-corrected chi connectivity index (χ4v) is 3.07. The molecule has 0 fully saturated rings. The summed E-state index contributed by atoms with van der Waals surface area (Å²) >= 11 is 0. The SMILES string of the molecule is Cc1nc(-n2nc(F)c(F)c2-c2cc(F)c(S(N)(=O)=O)c(F)c2)ccc1F. The lowest BCUT2D eigenvalue weighted by molar-refractivity contribution is 0.488. The zero-order valence-corrected chi connectivity index (χ0v) is 14.2. The van der Waals surface area contributed by atoms with E-state index in [4.69, 9.17) is 5.14 Å². The highest BCUT2D eigenvalue weighted by molar-refractivity contribution is 7.89. The molecule has 2 aromatic heterocycles. The minimum absolute atomic E-state index is 0.114. The van der Waals surface area contributed by atoms with Crippen LogP contribution in [-0.4, -0.2) is 23.2 Å². The van der Waals surface area contributed by atoms with Crippen molar-refractivity contribution < 1.29 is 30.4 Å². The van der Waals surface area contributed by atoms with Gasteiger partial charge in [-0.1, -0.05) is 0 Å². The molecule has 0 aliphatic rings. The largest absolute Gasteiger partial charge is 0.269 e. The Morgan fingerprint density at radius 3 is 2.11 bits per heavy atom. The quantitative estimate of drug-likeness (QED) is 0.680. The molecule has 0 amide bonds. The molecule has 1 aromatic carbocycles. The number of pyridine rings is 1. The number of hydrogen-bond acceptors (Lipinski definition) is 4. The highest BCUT2D eigenvalue weighted by Crippen LogP contribution is 2.31. The number of primary sulfonamides is 1. The van der Waals surface area contributed by atoms with Crippen LogP contribution in [0, 0.1) is 36.1 Å². The van der Waals surface area contributed by atoms with E-state index >= 15 is 0 Å². The van der Waals surface area contributed by atoms with Crippen molar-refractivity contribution in [1.82, 2.24) is 14.8 Å². The van der Waals surface area contributed by atoms with Gasteiger partial charge in [0, 0.05) is 5.56 Å². The van der Waals surface area contributed by atoms with E-state index in [-0.39, 0.29) is 11.5 Å². The highest BCUT2D eigenvalue weighted by atomic mass is 32.2. The van der Waals surface area contributed by atoms with E-state index < -0.39 is 55.4 Å². The summed E-state index contributed by atoms with van der Waals surface area (Å²) in [6.07, 6.45) is 0. The zero-order chi connectivity index (χ0) is 20.1. The minimum Gasteiger partial charge on any atom is -0.231 e. The average Bonchev–Trinajstić information content (AvgIpc) is 2.83. The van der Waals surface area contributed by atoms with Crippen LogP contribution in [0.15, 0.2) is 29.2 Å². The predicted molar refractivity (Wildman–Crippen MR) is 82.7 cm³/mol. The van der Waals surface area contributed by atoms with Crippen LogP contribution in [0.5, 0.6) is 0 Å². The van der Waals surface area contributed by atoms with Gasteiger partial charge in [0.25, 0.3) is 5.95 Å². The Bertz CT molecular complexity index is 1150. The molecule has 0 radical (unpaired) electrons. The third kappa shape index (κ3) is 3.28. The van der Waals surface area contributed by atoms with E-state index in [1.54, 1.807) is 0 Å². The summed E-state index contributed by atoms with van der Waals surface area (Å²) in [4.78, 5) is 2.35. The Hall–Kier alpha value is -2.86. The van der Waals surface area contributed by atoms with Gasteiger partial charge in [-0.15, -0.1) is 5.10 Å². The normalized spacial score (nSPS) is 11.8. The van der Waals surface area contributed by atoms with Crippen LogP contribution < -0.4 is 5.14 Å². The monoisotopic (exact) mass is 404 g/mol. The first kappa shape index (κ1) is 18.9. The number of benzene rings is 1. The zero-order valence-electron chi connectivity index (χ0n) is 13.3. The summed E-state index contributed by atoms with van der Waals surface area (Å²) in [5, 5.41) is 7.99. The predicted octanol–water partition coefficient (Wildman–Crippen LogP) is 2.59. The molecule has 12 heteroatoms. The summed E-state index contributed by atoms with van der Waals surface area (Å²) in [5.74, 6) is -7.32. The van der Waals surface area contributed by atoms with Crippen LogP contribution >= 0.6 is 0 Å². The first-order valence-electron chi connectivity index (χ1n) is 7.10. The number of aromatic nitrogens is 3. The van der Waals surface area contributed by atoms with Crippen molar-refractivity contribution in [2.75, 3.05) is 0 Å². The van der Waals surface area contributed by atoms with Crippen LogP contribution in [0.4, 0.5) is 22.0 Å². The molecule has 0 saturated heterocycles. The second-order valence-electron chi connectivity index (χ2n) is 5.42. The van der Waals surface area contributed by atoms with Crippen molar-refractivity contribution in [1.29, 1.82) is 0 Å². The van der Waals surface area contributed by atoms with Crippen molar-refractivity contribution in [2.45, 2.75) is 11.8 Å². The van der Waals surface area contributed by atoms with Gasteiger partial charge in [-0.25, -0.2) is 36.4 Å². The number of halogens is 5. The number of nitrogens with two attached hydrogens (primary N) is 1. The molecule has 2 N–H and O–H groups in total. The van der Waals surface area contributed by atoms with E-state index in [0.29, 0.717) is 16.8 Å². The van der Waals surface area contributed by atoms with Crippen LogP contribution in [0.1, 0.15) is 5.69 Å². The molecule has 0 saturated carbocycles. The number of aryl methyl sites for hydroxylation is 1. The Kier molecular flexibility index (Phi) is 4.48. The van der Waals surface area contributed by atoms with Crippen molar-refractivity contribution in [3.8, 4) is 17.1 Å². The number of hydrogen-bond donors (Lipinski definition) is 1. The van der Waals surface area contributed by atoms with E-state index in [9.17, 15) is 30.4 Å². The third-order valence-electron chi connectivity index (χ3n) is 3.57. The summed E-state index contributed by atoms with van der Waals surface area (Å²) in [5.41, 5.74) is -1.43. The number of sulfonamides is 1. The molecule has 0 atom stereocenters. The summed E-state index contributed by atoms with van der Waals surface area (Å²) in [7, 11) is -4.73. The molecule has 6 nitrogen and oxygen atoms in total. The molecule has 2 heterocycles. The molecule has 0 unspecified atom stereocenters. The van der Waals surface area contributed by atoms with E-state index in [0.717, 1.165) is 12.1 Å². The van der Waals surface area contributed by atoms with Crippen LogP contribution in [-0.2, 0) is 10.0 Å². The molecule has 3 aromatic rings. The van der Waals surface area contributed by atoms with E-state index in [2.05, 4.69) is 10.1 Å². The lowest BCUT2D eigenvalue weighted by Gasteiger charge is -2.10. The van der Waals surface area contributed by atoms with Gasteiger partial charge in [-0.05, 0) is 31.2 Å². The number of nitrogens with zero attached hydrogens (tertiary/aromatic N) is 3. The van der Waals surface area contributed by atoms with Crippen LogP contribution in [0.2, 0.25) is 0 Å². The van der Waals surface area contributed by atoms with Crippen molar-refractivity contribution >= 4 is 10.0 Å². The summed E-state index contributed by atoms with van der Waals surface area (Å²) in [6, 6.07) is 2.91. The molecule has 142 valence electrons. The van der Waals surface area contributed by atoms with Crippen molar-refractivity contribution in [3.05, 3.63) is 59.2 Å². The molecule has 27 heavy (non-hydrogen) atoms. The van der Waals surface area contributed by atoms with E-state index in [1.807, 2.05) is 0 Å². The van der Waals surface area contributed by atoms with Gasteiger partial charge >= 0.3 is 0 Å². The lowest BCUT2D eigenvalue weighted by atomic mass is 10.1. The maximum Gasteiger partial charge on any atom is 0.269 e. The molecule has 3 rings (SSSR count). The Morgan fingerprint density at radius 2 is 1.59 bits per heavy atom. The van der Waals surface area contributed by atoms with Crippen molar-refractivity contribution in [3.63, 3.8) is 0 Å². The molecule has 0 aliphatic heterocycles. The van der Waals surface area contributed by atoms with E-state index in [1.165, 1.54) is 6.92 Å². The van der Waals surface area contributed by atoms with Crippen LogP contribution in [0.3, 0.4) is 0 Å². The fourth-order valence-electron chi connectivity index (χ4n) is 2.40. The fraction of sp³-hybridized carbons (Fsp3) is 0.0667. The third-order valence-corrected chi connectivity index (χ3v) is 4.53. The average molecular weight is 404 g/mol. The number of rotatable bonds is 3.